The van der Waals surface area contributed by atoms with Crippen molar-refractivity contribution in [2.24, 2.45) is 10.8 Å². The van der Waals surface area contributed by atoms with Crippen molar-refractivity contribution in [1.82, 2.24) is 0 Å². The van der Waals surface area contributed by atoms with Crippen LogP contribution >= 0.6 is 0 Å². The molecule has 1 heterocycles. The summed E-state index contributed by atoms with van der Waals surface area (Å²) in [6.07, 6.45) is 2.01. The van der Waals surface area contributed by atoms with Gasteiger partial charge in [-0.1, -0.05) is 39.8 Å². The highest BCUT2D eigenvalue weighted by Gasteiger charge is 2.49. The molecule has 0 saturated carbocycles. The van der Waals surface area contributed by atoms with Crippen LogP contribution < -0.4 is 4.90 Å². The van der Waals surface area contributed by atoms with Gasteiger partial charge in [-0.15, -0.1) is 0 Å². The molecule has 1 aliphatic heterocycles. The average Bonchev–Trinajstić information content (AvgIpc) is 2.81. The Morgan fingerprint density at radius 3 is 1.92 bits per heavy atom. The summed E-state index contributed by atoms with van der Waals surface area (Å²) in [5.41, 5.74) is 4.58. The Bertz CT molecular complexity index is 1400. The number of allylic oxidation sites excluding steroid dienone is 4. The Balaban J connectivity index is 1.82. The minimum atomic E-state index is -1.01. The number of rotatable bonds is 3. The molecule has 0 bridgehead atoms. The lowest BCUT2D eigenvalue weighted by atomic mass is 9.63. The van der Waals surface area contributed by atoms with E-state index >= 15 is 0 Å². The van der Waals surface area contributed by atoms with Gasteiger partial charge in [0.2, 0.25) is 0 Å². The number of aromatic carboxylic acids is 1. The van der Waals surface area contributed by atoms with Gasteiger partial charge < -0.3 is 10.0 Å². The monoisotopic (exact) mass is 494 g/mol. The highest BCUT2D eigenvalue weighted by atomic mass is 16.4. The summed E-state index contributed by atoms with van der Waals surface area (Å²) in [5.74, 6) is -1.52. The van der Waals surface area contributed by atoms with Crippen LogP contribution in [0.1, 0.15) is 80.8 Å². The molecule has 2 aromatic carbocycles. The van der Waals surface area contributed by atoms with Gasteiger partial charge in [-0.25, -0.2) is 4.79 Å². The lowest BCUT2D eigenvalue weighted by molar-refractivity contribution is -0.119. The first kappa shape index (κ1) is 24.7. The first-order valence-electron chi connectivity index (χ1n) is 12.6. The summed E-state index contributed by atoms with van der Waals surface area (Å²) in [5, 5.41) is 19.0. The highest BCUT2D eigenvalue weighted by Crippen LogP contribution is 2.55. The van der Waals surface area contributed by atoms with Crippen LogP contribution in [0.15, 0.2) is 71.1 Å². The van der Waals surface area contributed by atoms with Crippen molar-refractivity contribution in [3.63, 3.8) is 0 Å². The fourth-order valence-electron chi connectivity index (χ4n) is 6.15. The van der Waals surface area contributed by atoms with Crippen LogP contribution in [0, 0.1) is 22.2 Å². The quantitative estimate of drug-likeness (QED) is 0.550. The zero-order chi connectivity index (χ0) is 26.7. The molecule has 0 unspecified atom stereocenters. The number of carboxylic acid groups (broad SMARTS) is 1. The molecule has 0 atom stereocenters. The lowest BCUT2D eigenvalue weighted by Gasteiger charge is -2.49. The number of benzene rings is 2. The molecule has 0 radical (unpaired) electrons. The minimum absolute atomic E-state index is 0.00921. The molecule has 188 valence electrons. The number of carboxylic acids is 1. The van der Waals surface area contributed by atoms with E-state index in [-0.39, 0.29) is 28.0 Å². The summed E-state index contributed by atoms with van der Waals surface area (Å²) in [4.78, 5) is 41.3. The van der Waals surface area contributed by atoms with Crippen LogP contribution in [0.3, 0.4) is 0 Å². The number of Topliss-reactive ketones (excluding diaryl/α,β-unsaturated/α-hetero) is 2. The van der Waals surface area contributed by atoms with Gasteiger partial charge in [0.15, 0.2) is 11.6 Å². The average molecular weight is 495 g/mol. The van der Waals surface area contributed by atoms with Gasteiger partial charge in [0, 0.05) is 47.0 Å². The van der Waals surface area contributed by atoms with Crippen LogP contribution in [0.4, 0.5) is 5.69 Å². The molecule has 0 amide bonds. The zero-order valence-electron chi connectivity index (χ0n) is 21.6. The van der Waals surface area contributed by atoms with Crippen molar-refractivity contribution in [1.29, 1.82) is 5.26 Å². The number of carbonyl (C=O) groups excluding carboxylic acids is 2. The van der Waals surface area contributed by atoms with Crippen molar-refractivity contribution in [2.45, 2.75) is 59.3 Å². The maximum Gasteiger partial charge on any atom is 0.335 e. The van der Waals surface area contributed by atoms with E-state index in [1.807, 2.05) is 6.07 Å². The topological polar surface area (TPSA) is 98.5 Å². The molecular weight excluding hydrogens is 464 g/mol. The summed E-state index contributed by atoms with van der Waals surface area (Å²) in [6.45, 7) is 8.30. The van der Waals surface area contributed by atoms with Crippen molar-refractivity contribution in [3.8, 4) is 6.07 Å². The summed E-state index contributed by atoms with van der Waals surface area (Å²) < 4.78 is 0. The fraction of sp³-hybridized carbons (Fsp3) is 0.355. The van der Waals surface area contributed by atoms with E-state index in [1.165, 1.54) is 0 Å². The third-order valence-electron chi connectivity index (χ3n) is 7.63. The van der Waals surface area contributed by atoms with E-state index in [9.17, 15) is 24.8 Å². The number of hydrogen-bond acceptors (Lipinski definition) is 5. The molecule has 6 heteroatoms. The number of hydrogen-bond donors (Lipinski definition) is 1. The van der Waals surface area contributed by atoms with E-state index in [0.717, 1.165) is 22.6 Å². The molecule has 0 spiro atoms. The highest BCUT2D eigenvalue weighted by molar-refractivity contribution is 6.08. The van der Waals surface area contributed by atoms with Crippen LogP contribution in [-0.2, 0) is 9.59 Å². The summed E-state index contributed by atoms with van der Waals surface area (Å²) in [6, 6.07) is 16.0. The summed E-state index contributed by atoms with van der Waals surface area (Å²) in [7, 11) is 0. The maximum absolute atomic E-state index is 13.9. The molecule has 0 aromatic heterocycles. The van der Waals surface area contributed by atoms with Gasteiger partial charge in [-0.05, 0) is 65.6 Å². The minimum Gasteiger partial charge on any atom is -0.478 e. The molecule has 1 N–H and O–H groups in total. The molecule has 2 aliphatic carbocycles. The van der Waals surface area contributed by atoms with E-state index in [1.54, 1.807) is 42.5 Å². The third kappa shape index (κ3) is 4.29. The lowest BCUT2D eigenvalue weighted by Crippen LogP contribution is -2.44. The van der Waals surface area contributed by atoms with Gasteiger partial charge in [-0.3, -0.25) is 9.59 Å². The number of anilines is 1. The largest absolute Gasteiger partial charge is 0.478 e. The SMILES string of the molecule is CC1(C)CC(=O)C2=C(C1)N(c1ccc(C(=O)O)cc1)C1=C(C(=O)CC(C)(C)C1)C2c1cccc(C#N)c1. The first-order chi connectivity index (χ1) is 17.4. The zero-order valence-corrected chi connectivity index (χ0v) is 21.6. The first-order valence-corrected chi connectivity index (χ1v) is 12.6. The number of nitriles is 1. The molecular formula is C31H30N2O4. The van der Waals surface area contributed by atoms with Crippen molar-refractivity contribution in [2.75, 3.05) is 4.90 Å². The molecule has 37 heavy (non-hydrogen) atoms. The molecule has 0 fully saturated rings. The second-order valence-electron chi connectivity index (χ2n) is 12.0. The Kier molecular flexibility index (Phi) is 5.71. The number of carbonyl (C=O) groups is 3. The predicted molar refractivity (Wildman–Crippen MR) is 140 cm³/mol. The van der Waals surface area contributed by atoms with E-state index in [2.05, 4.69) is 38.7 Å². The van der Waals surface area contributed by atoms with E-state index in [0.29, 0.717) is 42.4 Å². The molecule has 6 nitrogen and oxygen atoms in total. The molecule has 0 saturated heterocycles. The molecule has 2 aromatic rings. The van der Waals surface area contributed by atoms with Gasteiger partial charge in [0.05, 0.1) is 17.2 Å². The molecule has 5 rings (SSSR count). The summed E-state index contributed by atoms with van der Waals surface area (Å²) >= 11 is 0. The fourth-order valence-corrected chi connectivity index (χ4v) is 6.15. The van der Waals surface area contributed by atoms with Crippen LogP contribution in [0.2, 0.25) is 0 Å². The Morgan fingerprint density at radius 1 is 0.892 bits per heavy atom. The second-order valence-corrected chi connectivity index (χ2v) is 12.0. The van der Waals surface area contributed by atoms with E-state index in [4.69, 9.17) is 0 Å². The Morgan fingerprint density at radius 2 is 1.43 bits per heavy atom. The van der Waals surface area contributed by atoms with Gasteiger partial charge in [0.25, 0.3) is 0 Å². The number of ketones is 2. The predicted octanol–water partition coefficient (Wildman–Crippen LogP) is 6.15. The Labute approximate surface area is 216 Å². The van der Waals surface area contributed by atoms with Crippen molar-refractivity contribution in [3.05, 3.63) is 87.8 Å². The van der Waals surface area contributed by atoms with Gasteiger partial charge >= 0.3 is 5.97 Å². The van der Waals surface area contributed by atoms with Gasteiger partial charge in [0.1, 0.15) is 0 Å². The van der Waals surface area contributed by atoms with Gasteiger partial charge in [-0.2, -0.15) is 5.26 Å². The van der Waals surface area contributed by atoms with Crippen molar-refractivity contribution >= 4 is 23.2 Å². The van der Waals surface area contributed by atoms with Crippen LogP contribution in [0.25, 0.3) is 0 Å². The normalized spacial score (nSPS) is 20.9. The second kappa shape index (κ2) is 8.55. The Hall–Kier alpha value is -3.98. The number of nitrogens with zero attached hydrogens (tertiary/aromatic N) is 2. The van der Waals surface area contributed by atoms with Crippen LogP contribution in [0.5, 0.6) is 0 Å². The smallest absolute Gasteiger partial charge is 0.335 e. The van der Waals surface area contributed by atoms with Crippen LogP contribution in [-0.4, -0.2) is 22.6 Å². The maximum atomic E-state index is 13.9. The molecule has 3 aliphatic rings. The third-order valence-corrected chi connectivity index (χ3v) is 7.63. The van der Waals surface area contributed by atoms with Crippen molar-refractivity contribution < 1.29 is 19.5 Å². The van der Waals surface area contributed by atoms with E-state index < -0.39 is 11.9 Å². The standard InChI is InChI=1S/C31H30N2O4/c1-30(2)13-22-27(24(34)15-30)26(20-7-5-6-18(12-20)17-32)28-23(14-31(3,4)16-25(28)35)33(22)21-10-8-19(9-11-21)29(36)37/h5-12,26H,13-16H2,1-4H3,(H,36,37).